The van der Waals surface area contributed by atoms with Crippen molar-refractivity contribution in [3.05, 3.63) is 77.2 Å². The molecule has 7 heteroatoms. The number of anilines is 1. The summed E-state index contributed by atoms with van der Waals surface area (Å²) in [6.07, 6.45) is 1.64. The number of hydrogen-bond donors (Lipinski definition) is 1. The Labute approximate surface area is 196 Å². The number of ether oxygens (including phenoxy) is 1. The number of amides is 3. The highest BCUT2D eigenvalue weighted by Gasteiger charge is 2.36. The molecular formula is C26H24N2O4S. The smallest absolute Gasteiger partial charge is 0.294 e. The zero-order valence-electron chi connectivity index (χ0n) is 18.4. The first-order valence-corrected chi connectivity index (χ1v) is 11.5. The number of rotatable bonds is 7. The maximum absolute atomic E-state index is 12.9. The van der Waals surface area contributed by atoms with Crippen molar-refractivity contribution < 1.29 is 19.1 Å². The number of carbonyl (C=O) groups is 3. The van der Waals surface area contributed by atoms with Crippen molar-refractivity contribution in [3.63, 3.8) is 0 Å². The van der Waals surface area contributed by atoms with Gasteiger partial charge in [-0.15, -0.1) is 0 Å². The van der Waals surface area contributed by atoms with Gasteiger partial charge in [0.25, 0.3) is 11.1 Å². The molecule has 4 rings (SSSR count). The minimum atomic E-state index is -0.489. The Morgan fingerprint density at radius 3 is 2.58 bits per heavy atom. The Balaban J connectivity index is 1.48. The molecule has 0 radical (unpaired) electrons. The lowest BCUT2D eigenvalue weighted by atomic mass is 10.1. The van der Waals surface area contributed by atoms with Gasteiger partial charge in [-0.2, -0.15) is 0 Å². The van der Waals surface area contributed by atoms with Gasteiger partial charge in [-0.05, 0) is 41.3 Å². The minimum Gasteiger partial charge on any atom is -0.493 e. The van der Waals surface area contributed by atoms with E-state index in [0.717, 1.165) is 27.4 Å². The Morgan fingerprint density at radius 2 is 1.76 bits per heavy atom. The Morgan fingerprint density at radius 1 is 1.03 bits per heavy atom. The van der Waals surface area contributed by atoms with Crippen LogP contribution in [0.1, 0.15) is 19.4 Å². The molecule has 33 heavy (non-hydrogen) atoms. The first kappa shape index (κ1) is 22.6. The van der Waals surface area contributed by atoms with E-state index < -0.39 is 17.1 Å². The average molecular weight is 461 g/mol. The number of nitrogens with zero attached hydrogens (tertiary/aromatic N) is 1. The zero-order valence-corrected chi connectivity index (χ0v) is 19.2. The van der Waals surface area contributed by atoms with E-state index in [9.17, 15) is 14.4 Å². The molecule has 0 aromatic heterocycles. The average Bonchev–Trinajstić information content (AvgIpc) is 3.06. The van der Waals surface area contributed by atoms with Crippen LogP contribution in [0, 0.1) is 5.92 Å². The van der Waals surface area contributed by atoms with Crippen LogP contribution in [0.2, 0.25) is 0 Å². The van der Waals surface area contributed by atoms with Crippen LogP contribution in [0.5, 0.6) is 5.75 Å². The number of para-hydroxylation sites is 1. The number of carbonyl (C=O) groups excluding carboxylic acids is 3. The molecule has 6 nitrogen and oxygen atoms in total. The van der Waals surface area contributed by atoms with Crippen LogP contribution in [0.25, 0.3) is 16.8 Å². The van der Waals surface area contributed by atoms with Gasteiger partial charge in [0.1, 0.15) is 12.3 Å². The maximum atomic E-state index is 12.9. The Hall–Kier alpha value is -3.58. The molecule has 0 unspecified atom stereocenters. The second-order valence-electron chi connectivity index (χ2n) is 8.09. The highest BCUT2D eigenvalue weighted by Crippen LogP contribution is 2.34. The lowest BCUT2D eigenvalue weighted by Gasteiger charge is -2.14. The van der Waals surface area contributed by atoms with Gasteiger partial charge in [-0.1, -0.05) is 68.4 Å². The number of benzene rings is 3. The summed E-state index contributed by atoms with van der Waals surface area (Å²) in [6.45, 7) is 4.30. The molecule has 0 atom stereocenters. The Kier molecular flexibility index (Phi) is 6.79. The third kappa shape index (κ3) is 5.26. The van der Waals surface area contributed by atoms with Crippen LogP contribution in [0.3, 0.4) is 0 Å². The standard InChI is InChI=1S/C26H24N2O4S/c1-17(2)16-32-22-13-6-4-9-19(22)14-23-25(30)28(26(31)33-23)15-24(29)27-21-12-7-10-18-8-3-5-11-20(18)21/h3-14,17H,15-16H2,1-2H3,(H,27,29)/b23-14+. The molecule has 1 aliphatic heterocycles. The van der Waals surface area contributed by atoms with E-state index in [0.29, 0.717) is 29.5 Å². The first-order chi connectivity index (χ1) is 15.9. The van der Waals surface area contributed by atoms with Gasteiger partial charge in [0.15, 0.2) is 0 Å². The van der Waals surface area contributed by atoms with E-state index in [1.807, 2.05) is 60.7 Å². The monoisotopic (exact) mass is 460 g/mol. The predicted octanol–water partition coefficient (Wildman–Crippen LogP) is 5.55. The molecule has 168 valence electrons. The van der Waals surface area contributed by atoms with Crippen molar-refractivity contribution in [3.8, 4) is 5.75 Å². The van der Waals surface area contributed by atoms with Crippen molar-refractivity contribution in [1.29, 1.82) is 0 Å². The van der Waals surface area contributed by atoms with Crippen molar-refractivity contribution in [2.24, 2.45) is 5.92 Å². The van der Waals surface area contributed by atoms with E-state index in [2.05, 4.69) is 19.2 Å². The third-order valence-electron chi connectivity index (χ3n) is 5.02. The van der Waals surface area contributed by atoms with E-state index >= 15 is 0 Å². The Bertz CT molecular complexity index is 1250. The van der Waals surface area contributed by atoms with Gasteiger partial charge >= 0.3 is 0 Å². The first-order valence-electron chi connectivity index (χ1n) is 10.7. The summed E-state index contributed by atoms with van der Waals surface area (Å²) in [5.74, 6) is 0.0736. The highest BCUT2D eigenvalue weighted by atomic mass is 32.2. The largest absolute Gasteiger partial charge is 0.493 e. The van der Waals surface area contributed by atoms with Crippen LogP contribution in [0.15, 0.2) is 71.6 Å². The van der Waals surface area contributed by atoms with Crippen LogP contribution in [-0.4, -0.2) is 35.1 Å². The molecular weight excluding hydrogens is 436 g/mol. The maximum Gasteiger partial charge on any atom is 0.294 e. The summed E-state index contributed by atoms with van der Waals surface area (Å²) < 4.78 is 5.84. The van der Waals surface area contributed by atoms with Crippen LogP contribution in [0.4, 0.5) is 10.5 Å². The second kappa shape index (κ2) is 9.92. The molecule has 3 amide bonds. The summed E-state index contributed by atoms with van der Waals surface area (Å²) in [4.78, 5) is 39.3. The van der Waals surface area contributed by atoms with Crippen molar-refractivity contribution in [2.75, 3.05) is 18.5 Å². The lowest BCUT2D eigenvalue weighted by Crippen LogP contribution is -2.36. The molecule has 0 saturated carbocycles. The lowest BCUT2D eigenvalue weighted by molar-refractivity contribution is -0.127. The molecule has 1 saturated heterocycles. The molecule has 3 aromatic rings. The summed E-state index contributed by atoms with van der Waals surface area (Å²) in [7, 11) is 0. The molecule has 0 bridgehead atoms. The number of hydrogen-bond acceptors (Lipinski definition) is 5. The molecule has 1 N–H and O–H groups in total. The summed E-state index contributed by atoms with van der Waals surface area (Å²) >= 11 is 0.824. The van der Waals surface area contributed by atoms with Gasteiger partial charge in [0, 0.05) is 16.6 Å². The molecule has 1 heterocycles. The minimum absolute atomic E-state index is 0.263. The predicted molar refractivity (Wildman–Crippen MR) is 132 cm³/mol. The second-order valence-corrected chi connectivity index (χ2v) is 9.08. The van der Waals surface area contributed by atoms with Crippen molar-refractivity contribution in [1.82, 2.24) is 4.90 Å². The van der Waals surface area contributed by atoms with Gasteiger partial charge in [-0.3, -0.25) is 19.3 Å². The molecule has 3 aromatic carbocycles. The fourth-order valence-electron chi connectivity index (χ4n) is 3.43. The van der Waals surface area contributed by atoms with E-state index in [-0.39, 0.29) is 11.4 Å². The molecule has 1 aliphatic rings. The molecule has 1 fully saturated rings. The zero-order chi connectivity index (χ0) is 23.4. The van der Waals surface area contributed by atoms with Crippen molar-refractivity contribution in [2.45, 2.75) is 13.8 Å². The SMILES string of the molecule is CC(C)COc1ccccc1/C=C1/SC(=O)N(CC(=O)Nc2cccc3ccccc23)C1=O. The molecule has 0 aliphatic carbocycles. The van der Waals surface area contributed by atoms with Crippen LogP contribution >= 0.6 is 11.8 Å². The van der Waals surface area contributed by atoms with Crippen LogP contribution < -0.4 is 10.1 Å². The van der Waals surface area contributed by atoms with Gasteiger partial charge in [0.05, 0.1) is 11.5 Å². The van der Waals surface area contributed by atoms with E-state index in [1.54, 1.807) is 12.1 Å². The van der Waals surface area contributed by atoms with Gasteiger partial charge in [-0.25, -0.2) is 0 Å². The number of thioether (sulfide) groups is 1. The number of fused-ring (bicyclic) bond motifs is 1. The fraction of sp³-hybridized carbons (Fsp3) is 0.192. The topological polar surface area (TPSA) is 75.7 Å². The summed E-state index contributed by atoms with van der Waals surface area (Å²) in [5.41, 5.74) is 1.35. The third-order valence-corrected chi connectivity index (χ3v) is 5.92. The highest BCUT2D eigenvalue weighted by molar-refractivity contribution is 8.18. The van der Waals surface area contributed by atoms with E-state index in [1.165, 1.54) is 0 Å². The fourth-order valence-corrected chi connectivity index (χ4v) is 4.26. The van der Waals surface area contributed by atoms with Gasteiger partial charge < -0.3 is 10.1 Å². The van der Waals surface area contributed by atoms with Gasteiger partial charge in [0.2, 0.25) is 5.91 Å². The number of imide groups is 1. The summed E-state index contributed by atoms with van der Waals surface area (Å²) in [5, 5.41) is 4.23. The van der Waals surface area contributed by atoms with Crippen molar-refractivity contribution >= 4 is 51.4 Å². The quantitative estimate of drug-likeness (QED) is 0.468. The van der Waals surface area contributed by atoms with E-state index in [4.69, 9.17) is 4.74 Å². The van der Waals surface area contributed by atoms with Crippen LogP contribution in [-0.2, 0) is 9.59 Å². The number of nitrogens with one attached hydrogen (secondary N) is 1. The normalized spacial score (nSPS) is 15.0. The molecule has 0 spiro atoms. The summed E-state index contributed by atoms with van der Waals surface area (Å²) in [6, 6.07) is 20.6.